The van der Waals surface area contributed by atoms with E-state index in [-0.39, 0.29) is 17.6 Å². The van der Waals surface area contributed by atoms with E-state index in [0.29, 0.717) is 16.3 Å². The highest BCUT2D eigenvalue weighted by Crippen LogP contribution is 2.22. The fourth-order valence-corrected chi connectivity index (χ4v) is 2.07. The first-order valence-corrected chi connectivity index (χ1v) is 6.97. The maximum Gasteiger partial charge on any atom is 0.257 e. The molecule has 0 aliphatic rings. The van der Waals surface area contributed by atoms with E-state index in [2.05, 4.69) is 10.6 Å². The van der Waals surface area contributed by atoms with Gasteiger partial charge >= 0.3 is 0 Å². The van der Waals surface area contributed by atoms with Crippen LogP contribution in [0.5, 0.6) is 0 Å². The minimum atomic E-state index is -0.526. The molecule has 0 aliphatic heterocycles. The Labute approximate surface area is 128 Å². The predicted octanol–water partition coefficient (Wildman–Crippen LogP) is 4.55. The maximum absolute atomic E-state index is 13.7. The Morgan fingerprint density at radius 2 is 1.86 bits per heavy atom. The van der Waals surface area contributed by atoms with Crippen LogP contribution >= 0.6 is 11.6 Å². The monoisotopic (exact) mass is 306 g/mol. The molecule has 2 aromatic rings. The third kappa shape index (κ3) is 3.95. The van der Waals surface area contributed by atoms with Crippen molar-refractivity contribution in [1.29, 1.82) is 0 Å². The van der Waals surface area contributed by atoms with Crippen molar-refractivity contribution in [2.24, 2.45) is 0 Å². The Balaban J connectivity index is 2.26. The second-order valence-electron chi connectivity index (χ2n) is 4.92. The SMILES string of the molecule is CC(C)Nc1ccccc1C(=O)Nc1cc(Cl)ccc1F. The number of nitrogens with one attached hydrogen (secondary N) is 2. The molecule has 0 aromatic heterocycles. The number of amides is 1. The number of halogens is 2. The van der Waals surface area contributed by atoms with Gasteiger partial charge in [0, 0.05) is 16.8 Å². The molecular formula is C16H16ClFN2O. The first kappa shape index (κ1) is 15.3. The lowest BCUT2D eigenvalue weighted by molar-refractivity contribution is 0.102. The zero-order chi connectivity index (χ0) is 15.4. The summed E-state index contributed by atoms with van der Waals surface area (Å²) in [4.78, 5) is 12.3. The largest absolute Gasteiger partial charge is 0.382 e. The van der Waals surface area contributed by atoms with Gasteiger partial charge in [-0.3, -0.25) is 4.79 Å². The number of hydrogen-bond donors (Lipinski definition) is 2. The summed E-state index contributed by atoms with van der Waals surface area (Å²) in [5.74, 6) is -0.915. The highest BCUT2D eigenvalue weighted by atomic mass is 35.5. The second kappa shape index (κ2) is 6.59. The highest BCUT2D eigenvalue weighted by molar-refractivity contribution is 6.31. The molecule has 3 nitrogen and oxygen atoms in total. The second-order valence-corrected chi connectivity index (χ2v) is 5.36. The summed E-state index contributed by atoms with van der Waals surface area (Å²) in [6, 6.07) is 11.3. The Bertz CT molecular complexity index is 658. The van der Waals surface area contributed by atoms with Crippen LogP contribution < -0.4 is 10.6 Å². The molecule has 0 unspecified atom stereocenters. The first-order valence-electron chi connectivity index (χ1n) is 6.59. The molecular weight excluding hydrogens is 291 g/mol. The number of rotatable bonds is 4. The van der Waals surface area contributed by atoms with Gasteiger partial charge < -0.3 is 10.6 Å². The first-order chi connectivity index (χ1) is 9.97. The van der Waals surface area contributed by atoms with Crippen LogP contribution in [-0.2, 0) is 0 Å². The minimum absolute atomic E-state index is 0.0619. The summed E-state index contributed by atoms with van der Waals surface area (Å²) >= 11 is 5.82. The molecule has 5 heteroatoms. The molecule has 2 rings (SSSR count). The smallest absolute Gasteiger partial charge is 0.257 e. The van der Waals surface area contributed by atoms with Gasteiger partial charge in [0.1, 0.15) is 5.82 Å². The molecule has 1 amide bonds. The van der Waals surface area contributed by atoms with Crippen LogP contribution in [-0.4, -0.2) is 11.9 Å². The van der Waals surface area contributed by atoms with Gasteiger partial charge in [0.25, 0.3) is 5.91 Å². The van der Waals surface area contributed by atoms with Gasteiger partial charge in [-0.25, -0.2) is 4.39 Å². The molecule has 0 aliphatic carbocycles. The van der Waals surface area contributed by atoms with Gasteiger partial charge in [0.05, 0.1) is 11.3 Å². The van der Waals surface area contributed by atoms with Crippen molar-refractivity contribution in [3.8, 4) is 0 Å². The number of anilines is 2. The fraction of sp³-hybridized carbons (Fsp3) is 0.188. The van der Waals surface area contributed by atoms with Gasteiger partial charge in [-0.05, 0) is 44.2 Å². The Hall–Kier alpha value is -2.07. The van der Waals surface area contributed by atoms with Gasteiger partial charge in [-0.1, -0.05) is 23.7 Å². The molecule has 110 valence electrons. The van der Waals surface area contributed by atoms with Crippen molar-refractivity contribution in [3.63, 3.8) is 0 Å². The van der Waals surface area contributed by atoms with E-state index in [1.54, 1.807) is 12.1 Å². The van der Waals surface area contributed by atoms with Crippen molar-refractivity contribution >= 4 is 28.9 Å². The lowest BCUT2D eigenvalue weighted by Crippen LogP contribution is -2.18. The molecule has 0 fully saturated rings. The third-order valence-electron chi connectivity index (χ3n) is 2.79. The molecule has 0 saturated carbocycles. The summed E-state index contributed by atoms with van der Waals surface area (Å²) in [6.45, 7) is 3.96. The van der Waals surface area contributed by atoms with E-state index in [1.165, 1.54) is 18.2 Å². The highest BCUT2D eigenvalue weighted by Gasteiger charge is 2.13. The maximum atomic E-state index is 13.7. The normalized spacial score (nSPS) is 10.5. The summed E-state index contributed by atoms with van der Waals surface area (Å²) < 4.78 is 13.7. The van der Waals surface area contributed by atoms with Crippen molar-refractivity contribution in [2.45, 2.75) is 19.9 Å². The minimum Gasteiger partial charge on any atom is -0.382 e. The van der Waals surface area contributed by atoms with Gasteiger partial charge in [-0.15, -0.1) is 0 Å². The van der Waals surface area contributed by atoms with Crippen LogP contribution in [0.4, 0.5) is 15.8 Å². The summed E-state index contributed by atoms with van der Waals surface area (Å²) in [6.07, 6.45) is 0. The number of benzene rings is 2. The van der Waals surface area contributed by atoms with Crippen molar-refractivity contribution in [2.75, 3.05) is 10.6 Å². The van der Waals surface area contributed by atoms with Crippen LogP contribution in [0, 0.1) is 5.82 Å². The van der Waals surface area contributed by atoms with Crippen molar-refractivity contribution in [1.82, 2.24) is 0 Å². The predicted molar refractivity (Wildman–Crippen MR) is 84.6 cm³/mol. The average Bonchev–Trinajstić information content (AvgIpc) is 2.42. The summed E-state index contributed by atoms with van der Waals surface area (Å²) in [7, 11) is 0. The third-order valence-corrected chi connectivity index (χ3v) is 3.03. The van der Waals surface area contributed by atoms with Crippen molar-refractivity contribution < 1.29 is 9.18 Å². The van der Waals surface area contributed by atoms with E-state index in [1.807, 2.05) is 26.0 Å². The molecule has 0 saturated heterocycles. The lowest BCUT2D eigenvalue weighted by atomic mass is 10.1. The van der Waals surface area contributed by atoms with Gasteiger partial charge in [-0.2, -0.15) is 0 Å². The van der Waals surface area contributed by atoms with Crippen LogP contribution in [0.1, 0.15) is 24.2 Å². The summed E-state index contributed by atoms with van der Waals surface area (Å²) in [5, 5.41) is 6.09. The Morgan fingerprint density at radius 1 is 1.14 bits per heavy atom. The topological polar surface area (TPSA) is 41.1 Å². The number of hydrogen-bond acceptors (Lipinski definition) is 2. The number of para-hydroxylation sites is 1. The zero-order valence-corrected chi connectivity index (χ0v) is 12.5. The average molecular weight is 307 g/mol. The Morgan fingerprint density at radius 3 is 2.57 bits per heavy atom. The number of carbonyl (C=O) groups excluding carboxylic acids is 1. The Kier molecular flexibility index (Phi) is 4.81. The molecule has 0 atom stereocenters. The van der Waals surface area contributed by atoms with Gasteiger partial charge in [0.15, 0.2) is 0 Å². The van der Waals surface area contributed by atoms with Crippen LogP contribution in [0.3, 0.4) is 0 Å². The molecule has 21 heavy (non-hydrogen) atoms. The van der Waals surface area contributed by atoms with E-state index < -0.39 is 5.82 Å². The van der Waals surface area contributed by atoms with Crippen LogP contribution in [0.25, 0.3) is 0 Å². The summed E-state index contributed by atoms with van der Waals surface area (Å²) in [5.41, 5.74) is 1.21. The van der Waals surface area contributed by atoms with E-state index >= 15 is 0 Å². The molecule has 0 radical (unpaired) electrons. The van der Waals surface area contributed by atoms with E-state index in [0.717, 1.165) is 0 Å². The molecule has 2 aromatic carbocycles. The lowest BCUT2D eigenvalue weighted by Gasteiger charge is -2.14. The van der Waals surface area contributed by atoms with Crippen LogP contribution in [0.15, 0.2) is 42.5 Å². The molecule has 0 bridgehead atoms. The molecule has 0 spiro atoms. The molecule has 0 heterocycles. The van der Waals surface area contributed by atoms with E-state index in [4.69, 9.17) is 11.6 Å². The quantitative estimate of drug-likeness (QED) is 0.870. The van der Waals surface area contributed by atoms with Crippen LogP contribution in [0.2, 0.25) is 5.02 Å². The van der Waals surface area contributed by atoms with Crippen molar-refractivity contribution in [3.05, 3.63) is 58.9 Å². The fourth-order valence-electron chi connectivity index (χ4n) is 1.90. The molecule has 2 N–H and O–H groups in total. The van der Waals surface area contributed by atoms with Gasteiger partial charge in [0.2, 0.25) is 0 Å². The zero-order valence-electron chi connectivity index (χ0n) is 11.8. The van der Waals surface area contributed by atoms with E-state index in [9.17, 15) is 9.18 Å². The standard InChI is InChI=1S/C16H16ClFN2O/c1-10(2)19-14-6-4-3-5-12(14)16(21)20-15-9-11(17)7-8-13(15)18/h3-10,19H,1-2H3,(H,20,21). The number of carbonyl (C=O) groups is 1.